The first-order valence-corrected chi connectivity index (χ1v) is 7.30. The number of primary amides is 1. The zero-order chi connectivity index (χ0) is 17.0. The second-order valence-corrected chi connectivity index (χ2v) is 5.53. The molecule has 7 heteroatoms. The predicted octanol–water partition coefficient (Wildman–Crippen LogP) is 1.51. The molecule has 0 aliphatic rings. The van der Waals surface area contributed by atoms with Crippen LogP contribution < -0.4 is 16.8 Å². The summed E-state index contributed by atoms with van der Waals surface area (Å²) in [5.74, 6) is -1.92. The number of benzene rings is 1. The third-order valence-corrected chi connectivity index (χ3v) is 3.63. The Labute approximate surface area is 138 Å². The first-order chi connectivity index (χ1) is 10.9. The molecule has 0 aliphatic carbocycles. The molecule has 23 heavy (non-hydrogen) atoms. The van der Waals surface area contributed by atoms with Gasteiger partial charge in [-0.05, 0) is 36.2 Å². The quantitative estimate of drug-likeness (QED) is 0.720. The van der Waals surface area contributed by atoms with Crippen molar-refractivity contribution in [2.75, 3.05) is 5.73 Å². The van der Waals surface area contributed by atoms with Crippen LogP contribution >= 0.6 is 11.6 Å². The molecule has 1 aromatic heterocycles. The molecule has 0 bridgehead atoms. The van der Waals surface area contributed by atoms with Crippen molar-refractivity contribution in [3.63, 3.8) is 0 Å². The largest absolute Gasteiger partial charge is 0.384 e. The number of anilines is 1. The van der Waals surface area contributed by atoms with Gasteiger partial charge in [-0.15, -0.1) is 0 Å². The number of aryl methyl sites for hydroxylation is 1. The second kappa shape index (κ2) is 7.11. The monoisotopic (exact) mass is 332 g/mol. The van der Waals surface area contributed by atoms with Crippen molar-refractivity contribution < 1.29 is 9.59 Å². The van der Waals surface area contributed by atoms with Crippen LogP contribution in [-0.2, 0) is 16.1 Å². The molecule has 120 valence electrons. The zero-order valence-electron chi connectivity index (χ0n) is 12.5. The standard InChI is InChI=1S/C16H17ClN4O2/c1-9-11(5-6-13(18)21-9)8-20-16(23)14(15(19)22)10-3-2-4-12(17)7-10/h2-7,14H,8H2,1H3,(H2,18,21)(H2,19,22)(H,20,23)/t14-/m0/s1. The summed E-state index contributed by atoms with van der Waals surface area (Å²) in [5, 5.41) is 3.13. The molecule has 0 unspecified atom stereocenters. The van der Waals surface area contributed by atoms with Gasteiger partial charge in [-0.3, -0.25) is 9.59 Å². The van der Waals surface area contributed by atoms with Crippen molar-refractivity contribution in [1.29, 1.82) is 0 Å². The number of amides is 2. The smallest absolute Gasteiger partial charge is 0.237 e. The lowest BCUT2D eigenvalue weighted by atomic mass is 9.97. The fourth-order valence-electron chi connectivity index (χ4n) is 2.21. The average molecular weight is 333 g/mol. The van der Waals surface area contributed by atoms with E-state index in [1.165, 1.54) is 0 Å². The van der Waals surface area contributed by atoms with E-state index >= 15 is 0 Å². The van der Waals surface area contributed by atoms with Crippen LogP contribution in [0.15, 0.2) is 36.4 Å². The van der Waals surface area contributed by atoms with Gasteiger partial charge in [0, 0.05) is 17.3 Å². The van der Waals surface area contributed by atoms with E-state index in [1.54, 1.807) is 43.3 Å². The van der Waals surface area contributed by atoms with Gasteiger partial charge in [0.05, 0.1) is 0 Å². The summed E-state index contributed by atoms with van der Waals surface area (Å²) in [6, 6.07) is 9.93. The number of hydrogen-bond acceptors (Lipinski definition) is 4. The lowest BCUT2D eigenvalue weighted by Crippen LogP contribution is -2.36. The van der Waals surface area contributed by atoms with Gasteiger partial charge < -0.3 is 16.8 Å². The summed E-state index contributed by atoms with van der Waals surface area (Å²) in [6.45, 7) is 2.02. The number of nitrogen functional groups attached to an aromatic ring is 1. The maximum atomic E-state index is 12.3. The number of aromatic nitrogens is 1. The maximum absolute atomic E-state index is 12.3. The molecule has 2 amide bonds. The Morgan fingerprint density at radius 3 is 2.65 bits per heavy atom. The van der Waals surface area contributed by atoms with Crippen LogP contribution in [0.1, 0.15) is 22.7 Å². The summed E-state index contributed by atoms with van der Waals surface area (Å²) in [5.41, 5.74) is 12.9. The highest BCUT2D eigenvalue weighted by molar-refractivity contribution is 6.30. The number of halogens is 1. The van der Waals surface area contributed by atoms with Gasteiger partial charge in [-0.25, -0.2) is 4.98 Å². The van der Waals surface area contributed by atoms with Crippen LogP contribution in [0, 0.1) is 6.92 Å². The Bertz CT molecular complexity index is 749. The second-order valence-electron chi connectivity index (χ2n) is 5.09. The minimum absolute atomic E-state index is 0.224. The SMILES string of the molecule is Cc1nc(N)ccc1CNC(=O)[C@H](C(N)=O)c1cccc(Cl)c1. The number of nitrogens with zero attached hydrogens (tertiary/aromatic N) is 1. The summed E-state index contributed by atoms with van der Waals surface area (Å²) in [6.07, 6.45) is 0. The maximum Gasteiger partial charge on any atom is 0.237 e. The molecule has 5 N–H and O–H groups in total. The fourth-order valence-corrected chi connectivity index (χ4v) is 2.41. The molecular weight excluding hydrogens is 316 g/mol. The highest BCUT2D eigenvalue weighted by Crippen LogP contribution is 2.20. The number of nitrogens with two attached hydrogens (primary N) is 2. The van der Waals surface area contributed by atoms with E-state index < -0.39 is 17.7 Å². The van der Waals surface area contributed by atoms with Gasteiger partial charge in [0.1, 0.15) is 11.7 Å². The molecule has 1 heterocycles. The van der Waals surface area contributed by atoms with E-state index in [0.717, 1.165) is 5.56 Å². The lowest BCUT2D eigenvalue weighted by Gasteiger charge is -2.15. The van der Waals surface area contributed by atoms with Gasteiger partial charge in [-0.2, -0.15) is 0 Å². The molecule has 6 nitrogen and oxygen atoms in total. The third kappa shape index (κ3) is 4.20. The first-order valence-electron chi connectivity index (χ1n) is 6.93. The molecule has 0 saturated heterocycles. The van der Waals surface area contributed by atoms with Crippen LogP contribution in [0.4, 0.5) is 5.82 Å². The van der Waals surface area contributed by atoms with Gasteiger partial charge in [-0.1, -0.05) is 29.8 Å². The van der Waals surface area contributed by atoms with Crippen molar-refractivity contribution in [2.45, 2.75) is 19.4 Å². The van der Waals surface area contributed by atoms with Gasteiger partial charge >= 0.3 is 0 Å². The van der Waals surface area contributed by atoms with Crippen LogP contribution in [0.2, 0.25) is 5.02 Å². The van der Waals surface area contributed by atoms with E-state index in [9.17, 15) is 9.59 Å². The molecule has 1 atom stereocenters. The van der Waals surface area contributed by atoms with Crippen molar-refractivity contribution >= 4 is 29.2 Å². The molecule has 0 fully saturated rings. The van der Waals surface area contributed by atoms with E-state index in [2.05, 4.69) is 10.3 Å². The Hall–Kier alpha value is -2.60. The van der Waals surface area contributed by atoms with E-state index in [4.69, 9.17) is 23.1 Å². The highest BCUT2D eigenvalue weighted by atomic mass is 35.5. The van der Waals surface area contributed by atoms with Crippen molar-refractivity contribution in [1.82, 2.24) is 10.3 Å². The molecule has 0 aliphatic heterocycles. The fraction of sp³-hybridized carbons (Fsp3) is 0.188. The molecular formula is C16H17ClN4O2. The van der Waals surface area contributed by atoms with Crippen LogP contribution in [0.25, 0.3) is 0 Å². The van der Waals surface area contributed by atoms with Gasteiger partial charge in [0.2, 0.25) is 11.8 Å². The van der Waals surface area contributed by atoms with Gasteiger partial charge in [0.15, 0.2) is 0 Å². The number of hydrogen-bond donors (Lipinski definition) is 3. The molecule has 0 spiro atoms. The van der Waals surface area contributed by atoms with Crippen molar-refractivity contribution in [2.24, 2.45) is 5.73 Å². The van der Waals surface area contributed by atoms with Crippen LogP contribution in [0.5, 0.6) is 0 Å². The summed E-state index contributed by atoms with van der Waals surface area (Å²) < 4.78 is 0. The predicted molar refractivity (Wildman–Crippen MR) is 88.6 cm³/mol. The number of nitrogens with one attached hydrogen (secondary N) is 1. The van der Waals surface area contributed by atoms with E-state index in [-0.39, 0.29) is 6.54 Å². The number of rotatable bonds is 5. The summed E-state index contributed by atoms with van der Waals surface area (Å²) >= 11 is 5.90. The Kier molecular flexibility index (Phi) is 5.18. The molecule has 2 rings (SSSR count). The number of carbonyl (C=O) groups is 2. The van der Waals surface area contributed by atoms with Crippen LogP contribution in [-0.4, -0.2) is 16.8 Å². The normalized spacial score (nSPS) is 11.7. The van der Waals surface area contributed by atoms with E-state index in [1.807, 2.05) is 0 Å². The molecule has 1 aromatic carbocycles. The Morgan fingerprint density at radius 1 is 1.30 bits per heavy atom. The van der Waals surface area contributed by atoms with Crippen molar-refractivity contribution in [3.05, 3.63) is 58.2 Å². The topological polar surface area (TPSA) is 111 Å². The molecule has 0 saturated carbocycles. The Morgan fingerprint density at radius 2 is 2.04 bits per heavy atom. The minimum Gasteiger partial charge on any atom is -0.384 e. The third-order valence-electron chi connectivity index (χ3n) is 3.40. The molecule has 0 radical (unpaired) electrons. The Balaban J connectivity index is 2.14. The summed E-state index contributed by atoms with van der Waals surface area (Å²) in [7, 11) is 0. The first kappa shape index (κ1) is 16.8. The number of pyridine rings is 1. The number of carbonyl (C=O) groups excluding carboxylic acids is 2. The molecule has 2 aromatic rings. The average Bonchev–Trinajstić information content (AvgIpc) is 2.46. The highest BCUT2D eigenvalue weighted by Gasteiger charge is 2.26. The van der Waals surface area contributed by atoms with Crippen LogP contribution in [0.3, 0.4) is 0 Å². The van der Waals surface area contributed by atoms with Gasteiger partial charge in [0.25, 0.3) is 0 Å². The van der Waals surface area contributed by atoms with E-state index in [0.29, 0.717) is 22.1 Å². The lowest BCUT2D eigenvalue weighted by molar-refractivity contribution is -0.130. The van der Waals surface area contributed by atoms with Crippen molar-refractivity contribution in [3.8, 4) is 0 Å². The summed E-state index contributed by atoms with van der Waals surface area (Å²) in [4.78, 5) is 28.1. The minimum atomic E-state index is -1.10. The zero-order valence-corrected chi connectivity index (χ0v) is 13.3.